The molecule has 1 aliphatic heterocycles. The van der Waals surface area contributed by atoms with Gasteiger partial charge >= 0.3 is 5.97 Å². The fraction of sp³-hybridized carbons (Fsp3) is 0.176. The molecular weight excluding hydrogens is 282 g/mol. The van der Waals surface area contributed by atoms with Crippen LogP contribution < -0.4 is 10.1 Å². The topological polar surface area (TPSA) is 64.6 Å². The number of nitrogens with one attached hydrogen (secondary N) is 1. The Morgan fingerprint density at radius 2 is 2.18 bits per heavy atom. The van der Waals surface area contributed by atoms with Crippen molar-refractivity contribution < 1.29 is 19.1 Å². The van der Waals surface area contributed by atoms with Gasteiger partial charge in [-0.1, -0.05) is 24.8 Å². The van der Waals surface area contributed by atoms with E-state index < -0.39 is 5.97 Å². The number of carbonyl (C=O) groups excluding carboxylic acids is 2. The van der Waals surface area contributed by atoms with E-state index in [9.17, 15) is 9.59 Å². The van der Waals surface area contributed by atoms with Crippen molar-refractivity contribution in [2.24, 2.45) is 0 Å². The zero-order valence-corrected chi connectivity index (χ0v) is 12.5. The molecule has 0 radical (unpaired) electrons. The lowest BCUT2D eigenvalue weighted by molar-refractivity contribution is -0.136. The number of amides is 1. The van der Waals surface area contributed by atoms with Crippen LogP contribution in [-0.4, -0.2) is 25.6 Å². The number of hydrogen-bond donors (Lipinski definition) is 1. The molecule has 0 atom stereocenters. The van der Waals surface area contributed by atoms with Crippen LogP contribution in [-0.2, 0) is 14.3 Å². The van der Waals surface area contributed by atoms with E-state index in [1.165, 1.54) is 7.11 Å². The standard InChI is InChI=1S/C17H17NO4/c1-4-8-22-13-7-5-6-12(9-13)10-14-15(17(20)21-3)11(2)18-16(14)19/h4-7,9-10H,1,8H2,2-3H3,(H,18,19)/b14-10-. The maximum atomic E-state index is 12.0. The number of rotatable bonds is 5. The lowest BCUT2D eigenvalue weighted by atomic mass is 10.0. The molecule has 0 saturated heterocycles. The molecule has 0 fully saturated rings. The Balaban J connectivity index is 2.36. The number of carbonyl (C=O) groups is 2. The van der Waals surface area contributed by atoms with E-state index in [0.29, 0.717) is 18.1 Å². The first-order valence-corrected chi connectivity index (χ1v) is 6.73. The lowest BCUT2D eigenvalue weighted by Crippen LogP contribution is -2.15. The Labute approximate surface area is 128 Å². The molecule has 0 bridgehead atoms. The molecular formula is C17H17NO4. The number of allylic oxidation sites excluding steroid dienone is 1. The molecule has 2 rings (SSSR count). The summed E-state index contributed by atoms with van der Waals surface area (Å²) in [6.45, 7) is 5.65. The van der Waals surface area contributed by atoms with Gasteiger partial charge in [0.25, 0.3) is 5.91 Å². The van der Waals surface area contributed by atoms with Gasteiger partial charge in [-0.05, 0) is 30.7 Å². The molecule has 0 saturated carbocycles. The Hall–Kier alpha value is -2.82. The third-order valence-corrected chi connectivity index (χ3v) is 3.12. The minimum absolute atomic E-state index is 0.255. The molecule has 114 valence electrons. The zero-order chi connectivity index (χ0) is 16.1. The Morgan fingerprint density at radius 1 is 1.41 bits per heavy atom. The quantitative estimate of drug-likeness (QED) is 0.514. The van der Waals surface area contributed by atoms with Crippen LogP contribution >= 0.6 is 0 Å². The largest absolute Gasteiger partial charge is 0.490 e. The smallest absolute Gasteiger partial charge is 0.340 e. The lowest BCUT2D eigenvalue weighted by Gasteiger charge is -2.05. The van der Waals surface area contributed by atoms with Crippen molar-refractivity contribution in [2.45, 2.75) is 6.92 Å². The van der Waals surface area contributed by atoms with Gasteiger partial charge in [-0.25, -0.2) is 4.79 Å². The fourth-order valence-electron chi connectivity index (χ4n) is 2.13. The van der Waals surface area contributed by atoms with Crippen molar-refractivity contribution in [1.29, 1.82) is 0 Å². The molecule has 1 aliphatic rings. The van der Waals surface area contributed by atoms with Crippen LogP contribution in [0.25, 0.3) is 6.08 Å². The van der Waals surface area contributed by atoms with E-state index in [1.807, 2.05) is 18.2 Å². The van der Waals surface area contributed by atoms with Crippen molar-refractivity contribution in [3.8, 4) is 5.75 Å². The summed E-state index contributed by atoms with van der Waals surface area (Å²) >= 11 is 0. The first-order chi connectivity index (χ1) is 10.6. The summed E-state index contributed by atoms with van der Waals surface area (Å²) in [6.07, 6.45) is 3.29. The second-order valence-electron chi connectivity index (χ2n) is 4.68. The van der Waals surface area contributed by atoms with Crippen LogP contribution in [0.1, 0.15) is 12.5 Å². The number of esters is 1. The highest BCUT2D eigenvalue weighted by molar-refractivity contribution is 6.16. The van der Waals surface area contributed by atoms with Crippen LogP contribution in [0.2, 0.25) is 0 Å². The Bertz CT molecular complexity index is 686. The summed E-state index contributed by atoms with van der Waals surface area (Å²) in [6, 6.07) is 7.23. The third kappa shape index (κ3) is 3.25. The number of hydrogen-bond acceptors (Lipinski definition) is 4. The number of methoxy groups -OCH3 is 1. The molecule has 1 aromatic carbocycles. The average molecular weight is 299 g/mol. The second-order valence-corrected chi connectivity index (χ2v) is 4.68. The van der Waals surface area contributed by atoms with Crippen molar-refractivity contribution in [3.63, 3.8) is 0 Å². The third-order valence-electron chi connectivity index (χ3n) is 3.12. The molecule has 5 nitrogen and oxygen atoms in total. The first kappa shape index (κ1) is 15.6. The molecule has 0 unspecified atom stereocenters. The summed E-state index contributed by atoms with van der Waals surface area (Å²) < 4.78 is 10.2. The van der Waals surface area contributed by atoms with Crippen molar-refractivity contribution >= 4 is 18.0 Å². The van der Waals surface area contributed by atoms with Gasteiger partial charge in [-0.2, -0.15) is 0 Å². The van der Waals surface area contributed by atoms with Gasteiger partial charge in [-0.15, -0.1) is 0 Å². The van der Waals surface area contributed by atoms with E-state index in [-0.39, 0.29) is 17.1 Å². The predicted molar refractivity (Wildman–Crippen MR) is 83.0 cm³/mol. The van der Waals surface area contributed by atoms with E-state index >= 15 is 0 Å². The van der Waals surface area contributed by atoms with Crippen molar-refractivity contribution in [1.82, 2.24) is 5.32 Å². The Kier molecular flexibility index (Phi) is 4.78. The maximum Gasteiger partial charge on any atom is 0.340 e. The van der Waals surface area contributed by atoms with Gasteiger partial charge in [0.2, 0.25) is 0 Å². The fourth-order valence-corrected chi connectivity index (χ4v) is 2.13. The number of ether oxygens (including phenoxy) is 2. The normalized spacial score (nSPS) is 15.7. The summed E-state index contributed by atoms with van der Waals surface area (Å²) in [7, 11) is 1.28. The van der Waals surface area contributed by atoms with Crippen LogP contribution in [0.3, 0.4) is 0 Å². The molecule has 22 heavy (non-hydrogen) atoms. The summed E-state index contributed by atoms with van der Waals surface area (Å²) in [5, 5.41) is 2.63. The number of benzene rings is 1. The van der Waals surface area contributed by atoms with E-state index in [0.717, 1.165) is 5.56 Å². The van der Waals surface area contributed by atoms with E-state index in [1.54, 1.807) is 25.1 Å². The summed E-state index contributed by atoms with van der Waals surface area (Å²) in [4.78, 5) is 23.8. The highest BCUT2D eigenvalue weighted by Gasteiger charge is 2.30. The predicted octanol–water partition coefficient (Wildman–Crippen LogP) is 2.21. The highest BCUT2D eigenvalue weighted by Crippen LogP contribution is 2.25. The van der Waals surface area contributed by atoms with Gasteiger partial charge in [0.05, 0.1) is 18.3 Å². The highest BCUT2D eigenvalue weighted by atomic mass is 16.5. The molecule has 0 aliphatic carbocycles. The van der Waals surface area contributed by atoms with E-state index in [4.69, 9.17) is 9.47 Å². The molecule has 1 aromatic rings. The monoisotopic (exact) mass is 299 g/mol. The maximum absolute atomic E-state index is 12.0. The van der Waals surface area contributed by atoms with Crippen LogP contribution in [0.5, 0.6) is 5.75 Å². The van der Waals surface area contributed by atoms with E-state index in [2.05, 4.69) is 11.9 Å². The van der Waals surface area contributed by atoms with Gasteiger partial charge in [0.1, 0.15) is 12.4 Å². The minimum atomic E-state index is -0.541. The van der Waals surface area contributed by atoms with Gasteiger partial charge in [0.15, 0.2) is 0 Å². The van der Waals surface area contributed by atoms with Crippen LogP contribution in [0, 0.1) is 0 Å². The van der Waals surface area contributed by atoms with Crippen molar-refractivity contribution in [3.05, 3.63) is 59.3 Å². The minimum Gasteiger partial charge on any atom is -0.490 e. The van der Waals surface area contributed by atoms with Gasteiger partial charge < -0.3 is 14.8 Å². The summed E-state index contributed by atoms with van der Waals surface area (Å²) in [5.41, 5.74) is 1.78. The van der Waals surface area contributed by atoms with Gasteiger partial charge in [-0.3, -0.25) is 4.79 Å². The SMILES string of the molecule is C=CCOc1cccc(/C=C2\C(=O)NC(C)=C2C(=O)OC)c1. The van der Waals surface area contributed by atoms with Gasteiger partial charge in [0, 0.05) is 5.70 Å². The molecule has 1 N–H and O–H groups in total. The summed E-state index contributed by atoms with van der Waals surface area (Å²) in [5.74, 6) is -0.204. The molecule has 1 amide bonds. The molecule has 0 spiro atoms. The first-order valence-electron chi connectivity index (χ1n) is 6.73. The van der Waals surface area contributed by atoms with Crippen LogP contribution in [0.15, 0.2) is 53.8 Å². The second kappa shape index (κ2) is 6.76. The molecule has 1 heterocycles. The molecule has 5 heteroatoms. The molecule has 0 aromatic heterocycles. The zero-order valence-electron chi connectivity index (χ0n) is 12.5. The van der Waals surface area contributed by atoms with Crippen molar-refractivity contribution in [2.75, 3.05) is 13.7 Å². The Morgan fingerprint density at radius 3 is 2.86 bits per heavy atom. The average Bonchev–Trinajstić information content (AvgIpc) is 2.79. The van der Waals surface area contributed by atoms with Crippen LogP contribution in [0.4, 0.5) is 0 Å².